The van der Waals surface area contributed by atoms with E-state index in [-0.39, 0.29) is 25.7 Å². The molecule has 19 heavy (non-hydrogen) atoms. The highest BCUT2D eigenvalue weighted by Gasteiger charge is 2.48. The second-order valence-corrected chi connectivity index (χ2v) is 5.29. The van der Waals surface area contributed by atoms with Crippen LogP contribution in [-0.2, 0) is 16.6 Å². The summed E-state index contributed by atoms with van der Waals surface area (Å²) in [6.07, 6.45) is 0.170. The molecule has 0 saturated heterocycles. The van der Waals surface area contributed by atoms with Crippen molar-refractivity contribution in [1.82, 2.24) is 0 Å². The van der Waals surface area contributed by atoms with Crippen LogP contribution in [0.4, 0.5) is 8.78 Å². The van der Waals surface area contributed by atoms with Crippen molar-refractivity contribution in [2.45, 2.75) is 50.4 Å². The average Bonchev–Trinajstić information content (AvgIpc) is 2.39. The SMILES string of the molecule is CCc1ccc(C2(C(=O)O)CCC(F)(F)CC2)cc1. The van der Waals surface area contributed by atoms with Gasteiger partial charge in [-0.2, -0.15) is 0 Å². The minimum absolute atomic E-state index is 0.000799. The molecule has 1 aromatic rings. The third kappa shape index (κ3) is 2.62. The fraction of sp³-hybridized carbons (Fsp3) is 0.533. The van der Waals surface area contributed by atoms with E-state index in [1.165, 1.54) is 0 Å². The van der Waals surface area contributed by atoms with Gasteiger partial charge in [-0.15, -0.1) is 0 Å². The molecule has 1 N–H and O–H groups in total. The van der Waals surface area contributed by atoms with Gasteiger partial charge >= 0.3 is 5.97 Å². The number of hydrogen-bond acceptors (Lipinski definition) is 1. The van der Waals surface area contributed by atoms with Gasteiger partial charge in [0.25, 0.3) is 0 Å². The lowest BCUT2D eigenvalue weighted by Gasteiger charge is -2.37. The van der Waals surface area contributed by atoms with Gasteiger partial charge in [0.05, 0.1) is 5.41 Å². The van der Waals surface area contributed by atoms with Crippen LogP contribution in [0.25, 0.3) is 0 Å². The molecular weight excluding hydrogens is 250 g/mol. The number of aliphatic carboxylic acids is 1. The van der Waals surface area contributed by atoms with Gasteiger partial charge in [0, 0.05) is 12.8 Å². The maximum absolute atomic E-state index is 13.3. The summed E-state index contributed by atoms with van der Waals surface area (Å²) < 4.78 is 26.5. The average molecular weight is 268 g/mol. The van der Waals surface area contributed by atoms with Crippen molar-refractivity contribution in [3.8, 4) is 0 Å². The standard InChI is InChI=1S/C15H18F2O2/c1-2-11-3-5-12(6-4-11)14(13(18)19)7-9-15(16,17)10-8-14/h3-6H,2,7-10H2,1H3,(H,18,19). The minimum Gasteiger partial charge on any atom is -0.481 e. The zero-order valence-electron chi connectivity index (χ0n) is 11.0. The van der Waals surface area contributed by atoms with E-state index in [1.54, 1.807) is 12.1 Å². The Morgan fingerprint density at radius 1 is 1.16 bits per heavy atom. The van der Waals surface area contributed by atoms with Crippen molar-refractivity contribution in [2.24, 2.45) is 0 Å². The predicted octanol–water partition coefficient (Wildman–Crippen LogP) is 3.78. The largest absolute Gasteiger partial charge is 0.481 e. The molecule has 0 unspecified atom stereocenters. The summed E-state index contributed by atoms with van der Waals surface area (Å²) in [5, 5.41) is 9.49. The van der Waals surface area contributed by atoms with Crippen LogP contribution >= 0.6 is 0 Å². The van der Waals surface area contributed by atoms with Crippen molar-refractivity contribution in [3.05, 3.63) is 35.4 Å². The summed E-state index contributed by atoms with van der Waals surface area (Å²) in [6.45, 7) is 2.02. The zero-order valence-corrected chi connectivity index (χ0v) is 11.0. The van der Waals surface area contributed by atoms with Crippen LogP contribution in [0.15, 0.2) is 24.3 Å². The highest BCUT2D eigenvalue weighted by atomic mass is 19.3. The first-order chi connectivity index (χ1) is 8.89. The Morgan fingerprint density at radius 3 is 2.11 bits per heavy atom. The van der Waals surface area contributed by atoms with Gasteiger partial charge in [0.2, 0.25) is 5.92 Å². The van der Waals surface area contributed by atoms with Crippen LogP contribution in [0.5, 0.6) is 0 Å². The van der Waals surface area contributed by atoms with E-state index in [4.69, 9.17) is 0 Å². The molecule has 0 spiro atoms. The number of benzene rings is 1. The van der Waals surface area contributed by atoms with Crippen molar-refractivity contribution >= 4 is 5.97 Å². The van der Waals surface area contributed by atoms with Crippen molar-refractivity contribution in [3.63, 3.8) is 0 Å². The van der Waals surface area contributed by atoms with Gasteiger partial charge in [0.1, 0.15) is 0 Å². The molecular formula is C15H18F2O2. The van der Waals surface area contributed by atoms with E-state index in [0.717, 1.165) is 12.0 Å². The van der Waals surface area contributed by atoms with Gasteiger partial charge in [-0.1, -0.05) is 31.2 Å². The summed E-state index contributed by atoms with van der Waals surface area (Å²) in [6, 6.07) is 7.31. The first kappa shape index (κ1) is 14.0. The minimum atomic E-state index is -2.72. The Bertz CT molecular complexity index is 456. The van der Waals surface area contributed by atoms with Crippen molar-refractivity contribution in [1.29, 1.82) is 0 Å². The lowest BCUT2D eigenvalue weighted by molar-refractivity contribution is -0.149. The first-order valence-electron chi connectivity index (χ1n) is 6.60. The molecule has 0 bridgehead atoms. The summed E-state index contributed by atoms with van der Waals surface area (Å²) in [7, 11) is 0. The molecule has 0 heterocycles. The first-order valence-corrected chi connectivity index (χ1v) is 6.60. The van der Waals surface area contributed by atoms with Gasteiger partial charge in [-0.3, -0.25) is 4.79 Å². The number of carboxylic acids is 1. The Kier molecular flexibility index (Phi) is 3.61. The van der Waals surface area contributed by atoms with Crippen LogP contribution < -0.4 is 0 Å². The molecule has 0 amide bonds. The molecule has 1 saturated carbocycles. The number of alkyl halides is 2. The van der Waals surface area contributed by atoms with Crippen LogP contribution in [0.3, 0.4) is 0 Å². The molecule has 2 nitrogen and oxygen atoms in total. The molecule has 0 aliphatic heterocycles. The Morgan fingerprint density at radius 2 is 1.68 bits per heavy atom. The van der Waals surface area contributed by atoms with E-state index in [9.17, 15) is 18.7 Å². The van der Waals surface area contributed by atoms with Crippen LogP contribution in [0.2, 0.25) is 0 Å². The number of rotatable bonds is 3. The summed E-state index contributed by atoms with van der Waals surface area (Å²) in [5.41, 5.74) is 0.617. The molecule has 1 aromatic carbocycles. The number of hydrogen-bond donors (Lipinski definition) is 1. The molecule has 2 rings (SSSR count). The zero-order chi connectivity index (χ0) is 14.1. The van der Waals surface area contributed by atoms with Crippen molar-refractivity contribution < 1.29 is 18.7 Å². The Balaban J connectivity index is 2.32. The number of aryl methyl sites for hydroxylation is 1. The second-order valence-electron chi connectivity index (χ2n) is 5.29. The third-order valence-corrected chi connectivity index (χ3v) is 4.16. The smallest absolute Gasteiger partial charge is 0.314 e. The summed E-state index contributed by atoms with van der Waals surface area (Å²) in [5.74, 6) is -3.71. The number of carboxylic acid groups (broad SMARTS) is 1. The van der Waals surface area contributed by atoms with E-state index >= 15 is 0 Å². The quantitative estimate of drug-likeness (QED) is 0.905. The normalized spacial score (nSPS) is 21.0. The molecule has 1 aliphatic rings. The van der Waals surface area contributed by atoms with E-state index in [2.05, 4.69) is 0 Å². The molecule has 0 aromatic heterocycles. The predicted molar refractivity (Wildman–Crippen MR) is 68.5 cm³/mol. The highest BCUT2D eigenvalue weighted by molar-refractivity contribution is 5.81. The Labute approximate surface area is 111 Å². The van der Waals surface area contributed by atoms with Crippen LogP contribution in [0.1, 0.15) is 43.7 Å². The fourth-order valence-electron chi connectivity index (χ4n) is 2.73. The van der Waals surface area contributed by atoms with Crippen molar-refractivity contribution in [2.75, 3.05) is 0 Å². The topological polar surface area (TPSA) is 37.3 Å². The molecule has 0 atom stereocenters. The highest BCUT2D eigenvalue weighted by Crippen LogP contribution is 2.45. The van der Waals surface area contributed by atoms with Crippen LogP contribution in [0, 0.1) is 0 Å². The lowest BCUT2D eigenvalue weighted by Crippen LogP contribution is -2.42. The maximum Gasteiger partial charge on any atom is 0.314 e. The summed E-state index contributed by atoms with van der Waals surface area (Å²) in [4.78, 5) is 11.6. The van der Waals surface area contributed by atoms with E-state index < -0.39 is 17.3 Å². The van der Waals surface area contributed by atoms with Gasteiger partial charge < -0.3 is 5.11 Å². The molecule has 1 fully saturated rings. The maximum atomic E-state index is 13.3. The van der Waals surface area contributed by atoms with E-state index in [1.807, 2.05) is 19.1 Å². The monoisotopic (exact) mass is 268 g/mol. The lowest BCUT2D eigenvalue weighted by atomic mass is 9.68. The molecule has 0 radical (unpaired) electrons. The summed E-state index contributed by atoms with van der Waals surface area (Å²) >= 11 is 0. The third-order valence-electron chi connectivity index (χ3n) is 4.16. The molecule has 104 valence electrons. The van der Waals surface area contributed by atoms with Crippen LogP contribution in [-0.4, -0.2) is 17.0 Å². The fourth-order valence-corrected chi connectivity index (χ4v) is 2.73. The number of carbonyl (C=O) groups is 1. The molecule has 4 heteroatoms. The van der Waals surface area contributed by atoms with E-state index in [0.29, 0.717) is 5.56 Å². The van der Waals surface area contributed by atoms with Gasteiger partial charge in [-0.05, 0) is 30.4 Å². The Hall–Kier alpha value is -1.45. The number of halogens is 2. The van der Waals surface area contributed by atoms with Gasteiger partial charge in [0.15, 0.2) is 0 Å². The molecule has 1 aliphatic carbocycles. The van der Waals surface area contributed by atoms with Gasteiger partial charge in [-0.25, -0.2) is 8.78 Å². The second kappa shape index (κ2) is 4.91.